The highest BCUT2D eigenvalue weighted by molar-refractivity contribution is 5.73. The predicted octanol–water partition coefficient (Wildman–Crippen LogP) is 5.18. The first kappa shape index (κ1) is 21.3. The Hall–Kier alpha value is -0.770. The summed E-state index contributed by atoms with van der Waals surface area (Å²) in [5, 5.41) is 1.33. The molecule has 1 atom stereocenters. The zero-order valence-corrected chi connectivity index (χ0v) is 16.8. The van der Waals surface area contributed by atoms with Gasteiger partial charge in [0.25, 0.3) is 0 Å². The minimum Gasteiger partial charge on any atom is -0.327 e. The normalized spacial score (nSPS) is 22.2. The molecule has 0 radical (unpaired) electrons. The number of carbonyl (C=O) groups is 1. The number of hydrogen-bond donors (Lipinski definition) is 1. The van der Waals surface area contributed by atoms with Crippen LogP contribution in [0.3, 0.4) is 0 Å². The van der Waals surface area contributed by atoms with Gasteiger partial charge in [0.1, 0.15) is 0 Å². The first-order valence-corrected chi connectivity index (χ1v) is 10.0. The van der Waals surface area contributed by atoms with E-state index < -0.39 is 0 Å². The number of urea groups is 1. The van der Waals surface area contributed by atoms with Crippen LogP contribution in [0.25, 0.3) is 0 Å². The highest BCUT2D eigenvalue weighted by Gasteiger charge is 2.24. The maximum atomic E-state index is 12.2. The minimum atomic E-state index is -0.0729. The topological polar surface area (TPSA) is 49.6 Å². The third-order valence-electron chi connectivity index (χ3n) is 5.52. The van der Waals surface area contributed by atoms with Crippen molar-refractivity contribution >= 4 is 6.03 Å². The van der Waals surface area contributed by atoms with E-state index in [1.807, 2.05) is 20.9 Å². The molecule has 24 heavy (non-hydrogen) atoms. The van der Waals surface area contributed by atoms with Crippen LogP contribution in [-0.4, -0.2) is 35.6 Å². The van der Waals surface area contributed by atoms with Crippen molar-refractivity contribution in [2.24, 2.45) is 17.2 Å². The number of hydrogen-bond acceptors (Lipinski definition) is 2. The zero-order chi connectivity index (χ0) is 18.2. The summed E-state index contributed by atoms with van der Waals surface area (Å²) in [5.74, 6) is 6.63. The molecule has 142 valence electrons. The smallest absolute Gasteiger partial charge is 0.327 e. The Morgan fingerprint density at radius 2 is 1.79 bits per heavy atom. The molecule has 4 heteroatoms. The van der Waals surface area contributed by atoms with Crippen molar-refractivity contribution in [1.29, 1.82) is 0 Å². The number of nitrogens with two attached hydrogens (primary N) is 1. The lowest BCUT2D eigenvalue weighted by Crippen LogP contribution is -2.49. The van der Waals surface area contributed by atoms with Crippen molar-refractivity contribution < 1.29 is 4.79 Å². The van der Waals surface area contributed by atoms with Crippen LogP contribution in [0.1, 0.15) is 91.9 Å². The summed E-state index contributed by atoms with van der Waals surface area (Å²) in [4.78, 5) is 13.9. The van der Waals surface area contributed by atoms with Crippen LogP contribution in [0.2, 0.25) is 0 Å². The lowest BCUT2D eigenvalue weighted by Gasteiger charge is -2.32. The van der Waals surface area contributed by atoms with E-state index in [1.165, 1.54) is 62.8 Å². The fraction of sp³-hybridized carbons (Fsp3) is 0.950. The van der Waals surface area contributed by atoms with Gasteiger partial charge in [-0.05, 0) is 50.9 Å². The van der Waals surface area contributed by atoms with Gasteiger partial charge in [-0.15, -0.1) is 0 Å². The molecule has 0 spiro atoms. The Bertz CT molecular complexity index is 368. The number of carbonyl (C=O) groups excluding carboxylic acids is 1. The van der Waals surface area contributed by atoms with Gasteiger partial charge in [0, 0.05) is 19.6 Å². The summed E-state index contributed by atoms with van der Waals surface area (Å²) < 4.78 is 0. The van der Waals surface area contributed by atoms with Gasteiger partial charge in [-0.2, -0.15) is 0 Å². The summed E-state index contributed by atoms with van der Waals surface area (Å²) in [7, 11) is 1.86. The zero-order valence-electron chi connectivity index (χ0n) is 16.8. The minimum absolute atomic E-state index is 0.0408. The van der Waals surface area contributed by atoms with Crippen LogP contribution in [0.4, 0.5) is 4.79 Å². The molecule has 2 amide bonds. The van der Waals surface area contributed by atoms with Crippen molar-refractivity contribution in [2.45, 2.75) is 97.9 Å². The average Bonchev–Trinajstić information content (AvgIpc) is 2.51. The highest BCUT2D eigenvalue weighted by Crippen LogP contribution is 2.36. The van der Waals surface area contributed by atoms with Gasteiger partial charge in [-0.1, -0.05) is 52.4 Å². The maximum absolute atomic E-state index is 12.2. The van der Waals surface area contributed by atoms with E-state index >= 15 is 0 Å². The molecular formula is C20H41N3O. The molecule has 0 heterocycles. The average molecular weight is 340 g/mol. The molecule has 0 aliphatic heterocycles. The van der Waals surface area contributed by atoms with Crippen molar-refractivity contribution in [3.05, 3.63) is 0 Å². The van der Waals surface area contributed by atoms with E-state index in [0.717, 1.165) is 18.9 Å². The Labute approximate surface area is 150 Å². The van der Waals surface area contributed by atoms with E-state index in [2.05, 4.69) is 13.8 Å². The molecule has 0 aromatic carbocycles. The Kier molecular flexibility index (Phi) is 9.11. The van der Waals surface area contributed by atoms with Crippen molar-refractivity contribution in [3.63, 3.8) is 0 Å². The molecule has 0 aromatic rings. The molecule has 1 aliphatic carbocycles. The van der Waals surface area contributed by atoms with Crippen LogP contribution < -0.4 is 5.84 Å². The lowest BCUT2D eigenvalue weighted by molar-refractivity contribution is 0.147. The molecule has 1 rings (SSSR count). The molecule has 1 fully saturated rings. The Morgan fingerprint density at radius 3 is 2.46 bits per heavy atom. The lowest BCUT2D eigenvalue weighted by atomic mass is 9.75. The first-order chi connectivity index (χ1) is 11.2. The van der Waals surface area contributed by atoms with E-state index in [4.69, 9.17) is 5.84 Å². The molecular weight excluding hydrogens is 298 g/mol. The summed E-state index contributed by atoms with van der Waals surface area (Å²) >= 11 is 0. The van der Waals surface area contributed by atoms with Gasteiger partial charge in [0.05, 0.1) is 0 Å². The number of rotatable bonds is 5. The molecule has 1 unspecified atom stereocenters. The van der Waals surface area contributed by atoms with E-state index in [0.29, 0.717) is 5.41 Å². The summed E-state index contributed by atoms with van der Waals surface area (Å²) in [6, 6.07) is -0.0321. The molecule has 4 nitrogen and oxygen atoms in total. The van der Waals surface area contributed by atoms with Gasteiger partial charge >= 0.3 is 6.03 Å². The molecule has 0 saturated heterocycles. The van der Waals surface area contributed by atoms with Crippen molar-refractivity contribution in [2.75, 3.05) is 13.6 Å². The molecule has 0 bridgehead atoms. The highest BCUT2D eigenvalue weighted by atomic mass is 16.2. The van der Waals surface area contributed by atoms with Gasteiger partial charge < -0.3 is 4.90 Å². The van der Waals surface area contributed by atoms with Gasteiger partial charge in [-0.25, -0.2) is 10.6 Å². The third kappa shape index (κ3) is 7.87. The molecule has 1 aliphatic rings. The Morgan fingerprint density at radius 1 is 1.17 bits per heavy atom. The fourth-order valence-electron chi connectivity index (χ4n) is 3.93. The number of hydrazine groups is 1. The quantitative estimate of drug-likeness (QED) is 0.426. The second-order valence-corrected chi connectivity index (χ2v) is 8.89. The van der Waals surface area contributed by atoms with E-state index in [-0.39, 0.29) is 12.1 Å². The maximum Gasteiger partial charge on any atom is 0.334 e. The second-order valence-electron chi connectivity index (χ2n) is 8.89. The van der Waals surface area contributed by atoms with E-state index in [9.17, 15) is 4.79 Å². The van der Waals surface area contributed by atoms with Crippen LogP contribution in [0, 0.1) is 11.3 Å². The largest absolute Gasteiger partial charge is 0.334 e. The van der Waals surface area contributed by atoms with Crippen LogP contribution in [-0.2, 0) is 0 Å². The van der Waals surface area contributed by atoms with Gasteiger partial charge in [0.15, 0.2) is 0 Å². The monoisotopic (exact) mass is 339 g/mol. The van der Waals surface area contributed by atoms with Crippen molar-refractivity contribution in [1.82, 2.24) is 9.91 Å². The summed E-state index contributed by atoms with van der Waals surface area (Å²) in [6.45, 7) is 9.55. The summed E-state index contributed by atoms with van der Waals surface area (Å²) in [5.41, 5.74) is 0.468. The van der Waals surface area contributed by atoms with Crippen LogP contribution >= 0.6 is 0 Å². The summed E-state index contributed by atoms with van der Waals surface area (Å²) in [6.07, 6.45) is 13.3. The fourth-order valence-corrected chi connectivity index (χ4v) is 3.93. The number of amides is 2. The van der Waals surface area contributed by atoms with Crippen LogP contribution in [0.5, 0.6) is 0 Å². The number of nitrogens with zero attached hydrogens (tertiary/aromatic N) is 2. The SMILES string of the molecule is CC(C)N(N)C(=O)N(C)CCCC1CCCCCCCC(C)(C)C1. The predicted molar refractivity (Wildman–Crippen MR) is 103 cm³/mol. The molecule has 2 N–H and O–H groups in total. The Balaban J connectivity index is 2.43. The second kappa shape index (κ2) is 10.3. The standard InChI is InChI=1S/C20H41N3O/c1-17(2)23(21)19(24)22(5)15-11-13-18-12-9-7-6-8-10-14-20(3,4)16-18/h17-18H,6-16,21H2,1-5H3. The third-order valence-corrected chi connectivity index (χ3v) is 5.52. The van der Waals surface area contributed by atoms with E-state index in [1.54, 1.807) is 4.90 Å². The molecule has 1 saturated carbocycles. The molecule has 0 aromatic heterocycles. The van der Waals surface area contributed by atoms with Gasteiger partial charge in [0.2, 0.25) is 0 Å². The van der Waals surface area contributed by atoms with Crippen LogP contribution in [0.15, 0.2) is 0 Å². The first-order valence-electron chi connectivity index (χ1n) is 10.0. The van der Waals surface area contributed by atoms with Crippen molar-refractivity contribution in [3.8, 4) is 0 Å². The van der Waals surface area contributed by atoms with Gasteiger partial charge in [-0.3, -0.25) is 5.01 Å².